The van der Waals surface area contributed by atoms with Crippen LogP contribution in [0.1, 0.15) is 19.3 Å². The molecule has 2 fully saturated rings. The predicted molar refractivity (Wildman–Crippen MR) is 66.2 cm³/mol. The van der Waals surface area contributed by atoms with E-state index < -0.39 is 5.97 Å². The highest BCUT2D eigenvalue weighted by atomic mass is 32.2. The van der Waals surface area contributed by atoms with Crippen molar-refractivity contribution in [2.75, 3.05) is 24.6 Å². The molecule has 0 aromatic heterocycles. The SMILES string of the molecule is O=C(O)[C@@H]1CC[C@H](NC(=O)N2CCSCC2)C1. The van der Waals surface area contributed by atoms with Gasteiger partial charge >= 0.3 is 12.0 Å². The second-order valence-corrected chi connectivity index (χ2v) is 5.82. The van der Waals surface area contributed by atoms with Gasteiger partial charge in [0.25, 0.3) is 0 Å². The van der Waals surface area contributed by atoms with Gasteiger partial charge in [-0.15, -0.1) is 0 Å². The van der Waals surface area contributed by atoms with Crippen LogP contribution in [0.2, 0.25) is 0 Å². The van der Waals surface area contributed by atoms with Gasteiger partial charge in [-0.25, -0.2) is 4.79 Å². The minimum atomic E-state index is -0.740. The van der Waals surface area contributed by atoms with Gasteiger partial charge in [0.1, 0.15) is 0 Å². The summed E-state index contributed by atoms with van der Waals surface area (Å²) in [5, 5.41) is 11.8. The van der Waals surface area contributed by atoms with Crippen molar-refractivity contribution >= 4 is 23.8 Å². The van der Waals surface area contributed by atoms with E-state index >= 15 is 0 Å². The van der Waals surface area contributed by atoms with Gasteiger partial charge in [0, 0.05) is 30.6 Å². The number of hydrogen-bond acceptors (Lipinski definition) is 3. The van der Waals surface area contributed by atoms with Crippen LogP contribution < -0.4 is 5.32 Å². The number of carboxylic acids is 1. The molecule has 96 valence electrons. The average Bonchev–Trinajstić information content (AvgIpc) is 2.79. The third kappa shape index (κ3) is 3.28. The van der Waals surface area contributed by atoms with Crippen molar-refractivity contribution in [2.24, 2.45) is 5.92 Å². The Morgan fingerprint density at radius 3 is 2.53 bits per heavy atom. The van der Waals surface area contributed by atoms with Crippen LogP contribution in [0.3, 0.4) is 0 Å². The van der Waals surface area contributed by atoms with Gasteiger partial charge in [0.15, 0.2) is 0 Å². The molecule has 2 amide bonds. The Labute approximate surface area is 105 Å². The summed E-state index contributed by atoms with van der Waals surface area (Å²) in [6, 6.07) is 0.0134. The highest BCUT2D eigenvalue weighted by Gasteiger charge is 2.31. The smallest absolute Gasteiger partial charge is 0.317 e. The van der Waals surface area contributed by atoms with Gasteiger partial charge in [0.05, 0.1) is 5.92 Å². The van der Waals surface area contributed by atoms with Crippen LogP contribution in [0.5, 0.6) is 0 Å². The molecule has 2 atom stereocenters. The number of carbonyl (C=O) groups is 2. The maximum atomic E-state index is 11.9. The van der Waals surface area contributed by atoms with Crippen molar-refractivity contribution in [3.8, 4) is 0 Å². The molecule has 0 bridgehead atoms. The molecule has 5 nitrogen and oxygen atoms in total. The van der Waals surface area contributed by atoms with Crippen LogP contribution in [0.15, 0.2) is 0 Å². The summed E-state index contributed by atoms with van der Waals surface area (Å²) in [5.74, 6) is 0.972. The van der Waals surface area contributed by atoms with E-state index in [-0.39, 0.29) is 18.0 Å². The number of aliphatic carboxylic acids is 1. The van der Waals surface area contributed by atoms with Gasteiger partial charge in [-0.1, -0.05) is 0 Å². The van der Waals surface area contributed by atoms with E-state index in [9.17, 15) is 9.59 Å². The summed E-state index contributed by atoms with van der Waals surface area (Å²) in [6.07, 6.45) is 2.03. The molecule has 1 saturated carbocycles. The molecule has 6 heteroatoms. The molecular weight excluding hydrogens is 240 g/mol. The molecule has 1 heterocycles. The van der Waals surface area contributed by atoms with Gasteiger partial charge in [0.2, 0.25) is 0 Å². The van der Waals surface area contributed by atoms with E-state index in [0.717, 1.165) is 31.0 Å². The minimum absolute atomic E-state index is 0.0265. The Morgan fingerprint density at radius 1 is 1.24 bits per heavy atom. The largest absolute Gasteiger partial charge is 0.481 e. The molecule has 1 saturated heterocycles. The zero-order valence-corrected chi connectivity index (χ0v) is 10.5. The van der Waals surface area contributed by atoms with Crippen LogP contribution >= 0.6 is 11.8 Å². The van der Waals surface area contributed by atoms with E-state index in [1.807, 2.05) is 16.7 Å². The third-order valence-corrected chi connectivity index (χ3v) is 4.35. The summed E-state index contributed by atoms with van der Waals surface area (Å²) in [5.41, 5.74) is 0. The van der Waals surface area contributed by atoms with Crippen molar-refractivity contribution < 1.29 is 14.7 Å². The minimum Gasteiger partial charge on any atom is -0.481 e. The highest BCUT2D eigenvalue weighted by Crippen LogP contribution is 2.25. The normalized spacial score (nSPS) is 29.1. The number of thioether (sulfide) groups is 1. The number of carbonyl (C=O) groups excluding carboxylic acids is 1. The van der Waals surface area contributed by atoms with Crippen molar-refractivity contribution in [1.29, 1.82) is 0 Å². The molecule has 0 spiro atoms. The lowest BCUT2D eigenvalue weighted by Crippen LogP contribution is -2.47. The maximum Gasteiger partial charge on any atom is 0.317 e. The number of hydrogen-bond donors (Lipinski definition) is 2. The first-order valence-corrected chi connectivity index (χ1v) is 7.18. The van der Waals surface area contributed by atoms with Crippen molar-refractivity contribution in [1.82, 2.24) is 10.2 Å². The van der Waals surface area contributed by atoms with Gasteiger partial charge < -0.3 is 15.3 Å². The Kier molecular flexibility index (Phi) is 4.15. The van der Waals surface area contributed by atoms with E-state index in [4.69, 9.17) is 5.11 Å². The molecule has 0 aromatic rings. The van der Waals surface area contributed by atoms with Crippen molar-refractivity contribution in [2.45, 2.75) is 25.3 Å². The Morgan fingerprint density at radius 2 is 1.94 bits per heavy atom. The Hall–Kier alpha value is -0.910. The lowest BCUT2D eigenvalue weighted by molar-refractivity contribution is -0.141. The number of urea groups is 1. The van der Waals surface area contributed by atoms with E-state index in [1.54, 1.807) is 0 Å². The lowest BCUT2D eigenvalue weighted by Gasteiger charge is -2.28. The van der Waals surface area contributed by atoms with Crippen molar-refractivity contribution in [3.05, 3.63) is 0 Å². The third-order valence-electron chi connectivity index (χ3n) is 3.41. The van der Waals surface area contributed by atoms with E-state index in [2.05, 4.69) is 5.32 Å². The summed E-state index contributed by atoms with van der Waals surface area (Å²) < 4.78 is 0. The van der Waals surface area contributed by atoms with Gasteiger partial charge in [-0.05, 0) is 19.3 Å². The second kappa shape index (κ2) is 5.62. The van der Waals surface area contributed by atoms with Crippen molar-refractivity contribution in [3.63, 3.8) is 0 Å². The summed E-state index contributed by atoms with van der Waals surface area (Å²) in [6.45, 7) is 1.59. The first-order valence-electron chi connectivity index (χ1n) is 6.03. The number of carboxylic acid groups (broad SMARTS) is 1. The van der Waals surface area contributed by atoms with Crippen LogP contribution in [0, 0.1) is 5.92 Å². The fourth-order valence-electron chi connectivity index (χ4n) is 2.37. The fourth-order valence-corrected chi connectivity index (χ4v) is 3.27. The molecule has 2 rings (SSSR count). The predicted octanol–water partition coefficient (Wildman–Crippen LogP) is 0.998. The van der Waals surface area contributed by atoms with Gasteiger partial charge in [-0.3, -0.25) is 4.79 Å². The number of rotatable bonds is 2. The Bertz CT molecular complexity index is 305. The Balaban J connectivity index is 1.77. The quantitative estimate of drug-likeness (QED) is 0.775. The molecule has 1 aliphatic heterocycles. The summed E-state index contributed by atoms with van der Waals surface area (Å²) in [7, 11) is 0. The molecule has 0 aromatic carbocycles. The molecule has 2 aliphatic rings. The number of amides is 2. The zero-order valence-electron chi connectivity index (χ0n) is 9.72. The summed E-state index contributed by atoms with van der Waals surface area (Å²) in [4.78, 5) is 24.5. The molecular formula is C11H18N2O3S. The molecule has 1 aliphatic carbocycles. The fraction of sp³-hybridized carbons (Fsp3) is 0.818. The van der Waals surface area contributed by atoms with E-state index in [0.29, 0.717) is 12.8 Å². The zero-order chi connectivity index (χ0) is 12.3. The highest BCUT2D eigenvalue weighted by molar-refractivity contribution is 7.99. The molecule has 0 unspecified atom stereocenters. The monoisotopic (exact) mass is 258 g/mol. The molecule has 0 radical (unpaired) electrons. The standard InChI is InChI=1S/C11H18N2O3S/c14-10(15)8-1-2-9(7-8)12-11(16)13-3-5-17-6-4-13/h8-9H,1-7H2,(H,12,16)(H,14,15)/t8-,9+/m1/s1. The topological polar surface area (TPSA) is 69.6 Å². The van der Waals surface area contributed by atoms with Crippen LogP contribution in [-0.4, -0.2) is 52.6 Å². The first kappa shape index (κ1) is 12.5. The molecule has 2 N–H and O–H groups in total. The first-order chi connectivity index (χ1) is 8.16. The lowest BCUT2D eigenvalue weighted by atomic mass is 10.1. The van der Waals surface area contributed by atoms with Crippen LogP contribution in [0.4, 0.5) is 4.79 Å². The number of nitrogens with zero attached hydrogens (tertiary/aromatic N) is 1. The van der Waals surface area contributed by atoms with Crippen LogP contribution in [-0.2, 0) is 4.79 Å². The second-order valence-electron chi connectivity index (χ2n) is 4.59. The van der Waals surface area contributed by atoms with E-state index in [1.165, 1.54) is 0 Å². The number of nitrogens with one attached hydrogen (secondary N) is 1. The maximum absolute atomic E-state index is 11.9. The van der Waals surface area contributed by atoms with Crippen LogP contribution in [0.25, 0.3) is 0 Å². The molecule has 17 heavy (non-hydrogen) atoms. The average molecular weight is 258 g/mol. The van der Waals surface area contributed by atoms with Gasteiger partial charge in [-0.2, -0.15) is 11.8 Å². The summed E-state index contributed by atoms with van der Waals surface area (Å²) >= 11 is 1.86.